The van der Waals surface area contributed by atoms with Crippen LogP contribution in [0.5, 0.6) is 11.5 Å². The first-order valence-electron chi connectivity index (χ1n) is 10.3. The Labute approximate surface area is 188 Å². The van der Waals surface area contributed by atoms with E-state index in [1.165, 1.54) is 0 Å². The van der Waals surface area contributed by atoms with Gasteiger partial charge in [-0.3, -0.25) is 4.90 Å². The maximum Gasteiger partial charge on any atom is 0.177 e. The van der Waals surface area contributed by atoms with Crippen LogP contribution in [0.1, 0.15) is 31.7 Å². The monoisotopic (exact) mass is 451 g/mol. The Bertz CT molecular complexity index is 1250. The Morgan fingerprint density at radius 2 is 1.88 bits per heavy atom. The number of allylic oxidation sites excluding steroid dienone is 3. The van der Waals surface area contributed by atoms with E-state index in [0.717, 1.165) is 0 Å². The summed E-state index contributed by atoms with van der Waals surface area (Å²) in [4.78, 5) is 1.92. The molecule has 2 heterocycles. The number of hydrogen-bond donors (Lipinski definition) is 1. The van der Waals surface area contributed by atoms with E-state index in [1.807, 2.05) is 26.0 Å². The fourth-order valence-electron chi connectivity index (χ4n) is 4.26. The Kier molecular flexibility index (Phi) is 5.61. The molecule has 0 fully saturated rings. The minimum atomic E-state index is -3.57. The van der Waals surface area contributed by atoms with Gasteiger partial charge in [0.1, 0.15) is 17.3 Å². The predicted octanol–water partition coefficient (Wildman–Crippen LogP) is 3.81. The van der Waals surface area contributed by atoms with Gasteiger partial charge >= 0.3 is 0 Å². The first-order chi connectivity index (χ1) is 15.3. The quantitative estimate of drug-likeness (QED) is 0.737. The zero-order chi connectivity index (χ0) is 23.0. The predicted molar refractivity (Wildman–Crippen MR) is 123 cm³/mol. The highest BCUT2D eigenvalue weighted by atomic mass is 32.2. The minimum absolute atomic E-state index is 0.0189. The maximum atomic E-state index is 13.2. The van der Waals surface area contributed by atoms with Gasteiger partial charge < -0.3 is 15.2 Å². The summed E-state index contributed by atoms with van der Waals surface area (Å²) in [7, 11) is -2.00. The van der Waals surface area contributed by atoms with E-state index in [1.54, 1.807) is 48.4 Å². The lowest BCUT2D eigenvalue weighted by molar-refractivity contribution is 0.242. The molecule has 2 aromatic rings. The molecule has 0 aliphatic carbocycles. The highest BCUT2D eigenvalue weighted by Gasteiger charge is 2.45. The number of sulfone groups is 1. The van der Waals surface area contributed by atoms with Gasteiger partial charge in [-0.25, -0.2) is 8.42 Å². The second-order valence-corrected chi connectivity index (χ2v) is 10.1. The van der Waals surface area contributed by atoms with Gasteiger partial charge in [0.2, 0.25) is 0 Å². The molecule has 7 nitrogen and oxygen atoms in total. The van der Waals surface area contributed by atoms with Crippen LogP contribution >= 0.6 is 0 Å². The standard InChI is InChI=1S/C24H25N3O4S/c1-15(2)31-19-6-4-5-16(13-19)22-20(14-25)24(26)27(17-7-9-18(30-3)10-8-17)21-11-12-32(28,29)23(21)22/h4-10,13,15,22H,11-12,26H2,1-3H3. The second-order valence-electron chi connectivity index (χ2n) is 8.00. The molecule has 0 aromatic heterocycles. The number of ether oxygens (including phenoxy) is 2. The molecular weight excluding hydrogens is 426 g/mol. The number of rotatable bonds is 5. The van der Waals surface area contributed by atoms with Gasteiger partial charge in [-0.05, 0) is 55.8 Å². The molecule has 0 spiro atoms. The number of hydrogen-bond acceptors (Lipinski definition) is 7. The van der Waals surface area contributed by atoms with Crippen LogP contribution in [0.25, 0.3) is 0 Å². The van der Waals surface area contributed by atoms with E-state index in [9.17, 15) is 13.7 Å². The third-order valence-corrected chi connectivity index (χ3v) is 7.46. The first kappa shape index (κ1) is 21.8. The lowest BCUT2D eigenvalue weighted by Crippen LogP contribution is -2.34. The summed E-state index contributed by atoms with van der Waals surface area (Å²) in [5.74, 6) is 0.724. The fourth-order valence-corrected chi connectivity index (χ4v) is 6.11. The molecular formula is C24H25N3O4S. The summed E-state index contributed by atoms with van der Waals surface area (Å²) in [5, 5.41) is 10.1. The summed E-state index contributed by atoms with van der Waals surface area (Å²) < 4.78 is 37.4. The Balaban J connectivity index is 1.91. The molecule has 32 heavy (non-hydrogen) atoms. The van der Waals surface area contributed by atoms with Gasteiger partial charge in [-0.2, -0.15) is 5.26 Å². The van der Waals surface area contributed by atoms with Crippen LogP contribution in [0.3, 0.4) is 0 Å². The highest BCUT2D eigenvalue weighted by molar-refractivity contribution is 7.95. The molecule has 0 saturated carbocycles. The van der Waals surface area contributed by atoms with Crippen molar-refractivity contribution >= 4 is 15.5 Å². The topological polar surface area (TPSA) is 106 Å². The molecule has 4 rings (SSSR count). The molecule has 2 aliphatic heterocycles. The van der Waals surface area contributed by atoms with Crippen molar-refractivity contribution in [3.63, 3.8) is 0 Å². The number of methoxy groups -OCH3 is 1. The lowest BCUT2D eigenvalue weighted by atomic mass is 9.87. The summed E-state index contributed by atoms with van der Waals surface area (Å²) in [5.41, 5.74) is 8.66. The van der Waals surface area contributed by atoms with E-state index in [4.69, 9.17) is 15.2 Å². The number of nitrogens with two attached hydrogens (primary N) is 1. The van der Waals surface area contributed by atoms with Crippen molar-refractivity contribution in [2.45, 2.75) is 32.3 Å². The fraction of sp³-hybridized carbons (Fsp3) is 0.292. The zero-order valence-corrected chi connectivity index (χ0v) is 19.0. The van der Waals surface area contributed by atoms with Crippen LogP contribution in [0.2, 0.25) is 0 Å². The van der Waals surface area contributed by atoms with Gasteiger partial charge in [0, 0.05) is 17.8 Å². The third-order valence-electron chi connectivity index (χ3n) is 5.58. The van der Waals surface area contributed by atoms with Crippen molar-refractivity contribution in [2.24, 2.45) is 5.73 Å². The molecule has 0 saturated heterocycles. The van der Waals surface area contributed by atoms with Crippen molar-refractivity contribution in [3.05, 3.63) is 76.1 Å². The number of nitriles is 1. The molecule has 1 unspecified atom stereocenters. The van der Waals surface area contributed by atoms with Gasteiger partial charge in [0.15, 0.2) is 9.84 Å². The maximum absolute atomic E-state index is 13.2. The molecule has 2 N–H and O–H groups in total. The molecule has 166 valence electrons. The van der Waals surface area contributed by atoms with Crippen LogP contribution in [0.15, 0.2) is 70.5 Å². The van der Waals surface area contributed by atoms with Crippen LogP contribution in [-0.4, -0.2) is 27.4 Å². The Hall–Kier alpha value is -3.44. The summed E-state index contributed by atoms with van der Waals surface area (Å²) in [6, 6.07) is 16.5. The molecule has 0 radical (unpaired) electrons. The number of benzene rings is 2. The molecule has 8 heteroatoms. The highest BCUT2D eigenvalue weighted by Crippen LogP contribution is 2.49. The number of nitrogens with zero attached hydrogens (tertiary/aromatic N) is 2. The van der Waals surface area contributed by atoms with Crippen molar-refractivity contribution in [1.82, 2.24) is 0 Å². The minimum Gasteiger partial charge on any atom is -0.497 e. The summed E-state index contributed by atoms with van der Waals surface area (Å²) in [6.07, 6.45) is 0.283. The van der Waals surface area contributed by atoms with Gasteiger partial charge in [0.05, 0.1) is 41.4 Å². The van der Waals surface area contributed by atoms with E-state index in [-0.39, 0.29) is 28.2 Å². The molecule has 0 amide bonds. The molecule has 1 atom stereocenters. The van der Waals surface area contributed by atoms with Crippen molar-refractivity contribution in [1.29, 1.82) is 5.26 Å². The van der Waals surface area contributed by atoms with Crippen LogP contribution in [-0.2, 0) is 9.84 Å². The SMILES string of the molecule is COc1ccc(N2C(N)=C(C#N)C(c3cccc(OC(C)C)c3)C3=C2CCS3(=O)=O)cc1. The second kappa shape index (κ2) is 8.24. The van der Waals surface area contributed by atoms with Gasteiger partial charge in [-0.1, -0.05) is 12.1 Å². The Morgan fingerprint density at radius 3 is 2.50 bits per heavy atom. The van der Waals surface area contributed by atoms with Crippen molar-refractivity contribution in [3.8, 4) is 17.6 Å². The van der Waals surface area contributed by atoms with Crippen LogP contribution in [0.4, 0.5) is 5.69 Å². The largest absolute Gasteiger partial charge is 0.497 e. The Morgan fingerprint density at radius 1 is 1.16 bits per heavy atom. The average Bonchev–Trinajstić information content (AvgIpc) is 3.07. The zero-order valence-electron chi connectivity index (χ0n) is 18.2. The van der Waals surface area contributed by atoms with Crippen molar-refractivity contribution in [2.75, 3.05) is 17.8 Å². The van der Waals surface area contributed by atoms with Gasteiger partial charge in [0.25, 0.3) is 0 Å². The average molecular weight is 452 g/mol. The smallest absolute Gasteiger partial charge is 0.177 e. The van der Waals surface area contributed by atoms with E-state index in [2.05, 4.69) is 6.07 Å². The van der Waals surface area contributed by atoms with Gasteiger partial charge in [-0.15, -0.1) is 0 Å². The van der Waals surface area contributed by atoms with E-state index < -0.39 is 15.8 Å². The van der Waals surface area contributed by atoms with E-state index in [0.29, 0.717) is 34.9 Å². The molecule has 2 aromatic carbocycles. The summed E-state index contributed by atoms with van der Waals surface area (Å²) in [6.45, 7) is 3.83. The van der Waals surface area contributed by atoms with Crippen LogP contribution in [0, 0.1) is 11.3 Å². The first-order valence-corrected chi connectivity index (χ1v) is 12.0. The molecule has 0 bridgehead atoms. The lowest BCUT2D eigenvalue weighted by Gasteiger charge is -2.35. The normalized spacial score (nSPS) is 19.7. The number of anilines is 1. The third kappa shape index (κ3) is 3.69. The van der Waals surface area contributed by atoms with E-state index >= 15 is 0 Å². The van der Waals surface area contributed by atoms with Crippen LogP contribution < -0.4 is 20.1 Å². The summed E-state index contributed by atoms with van der Waals surface area (Å²) >= 11 is 0. The molecule has 2 aliphatic rings. The van der Waals surface area contributed by atoms with Crippen molar-refractivity contribution < 1.29 is 17.9 Å².